The van der Waals surface area contributed by atoms with Crippen LogP contribution in [0.25, 0.3) is 0 Å². The molecule has 2 rings (SSSR count). The van der Waals surface area contributed by atoms with Gasteiger partial charge in [-0.2, -0.15) is 8.78 Å². The van der Waals surface area contributed by atoms with Gasteiger partial charge in [0.05, 0.1) is 17.2 Å². The number of methoxy groups -OCH3 is 1. The summed E-state index contributed by atoms with van der Waals surface area (Å²) in [7, 11) is 1.68. The average Bonchev–Trinajstić information content (AvgIpc) is 2.67. The van der Waals surface area contributed by atoms with Gasteiger partial charge in [0.15, 0.2) is 5.96 Å². The summed E-state index contributed by atoms with van der Waals surface area (Å²) in [6, 6.07) is 2.86. The number of guanidine groups is 1. The molecule has 0 bridgehead atoms. The highest BCUT2D eigenvalue weighted by molar-refractivity contribution is 14.0. The first-order valence-corrected chi connectivity index (χ1v) is 9.72. The fourth-order valence-electron chi connectivity index (χ4n) is 2.90. The molecule has 0 amide bonds. The molecular weight excluding hydrogens is 542 g/mol. The number of hydrogen-bond donors (Lipinski definition) is 2. The molecule has 0 atom stereocenters. The minimum absolute atomic E-state index is 0. The number of rotatable bonds is 8. The van der Waals surface area contributed by atoms with Crippen molar-refractivity contribution in [2.45, 2.75) is 38.5 Å². The Labute approximate surface area is 196 Å². The quantitative estimate of drug-likeness (QED) is 0.276. The van der Waals surface area contributed by atoms with Gasteiger partial charge in [-0.05, 0) is 19.1 Å². The SMILES string of the molecule is CCNC(=NCc1cc(Cl)cc(Cl)c1OC(F)F)NCC1(OC)CCOCC1.I. The topological polar surface area (TPSA) is 64.1 Å². The molecule has 0 unspecified atom stereocenters. The van der Waals surface area contributed by atoms with Crippen LogP contribution in [0.2, 0.25) is 10.0 Å². The second-order valence-electron chi connectivity index (χ2n) is 6.30. The second kappa shape index (κ2) is 12.9. The summed E-state index contributed by atoms with van der Waals surface area (Å²) < 4.78 is 41.1. The van der Waals surface area contributed by atoms with Gasteiger partial charge >= 0.3 is 6.61 Å². The Morgan fingerprint density at radius 1 is 1.28 bits per heavy atom. The molecule has 1 aliphatic heterocycles. The van der Waals surface area contributed by atoms with E-state index < -0.39 is 6.61 Å². The number of alkyl halides is 2. The molecule has 0 aromatic heterocycles. The van der Waals surface area contributed by atoms with Gasteiger partial charge in [-0.25, -0.2) is 4.99 Å². The van der Waals surface area contributed by atoms with E-state index in [0.29, 0.717) is 42.8 Å². The molecule has 11 heteroatoms. The van der Waals surface area contributed by atoms with Crippen LogP contribution in [-0.4, -0.2) is 51.6 Å². The number of benzene rings is 1. The van der Waals surface area contributed by atoms with Crippen molar-refractivity contribution >= 4 is 53.1 Å². The van der Waals surface area contributed by atoms with Gasteiger partial charge in [0.1, 0.15) is 5.75 Å². The first kappa shape index (κ1) is 26.4. The molecule has 166 valence electrons. The molecule has 1 saturated heterocycles. The molecule has 6 nitrogen and oxygen atoms in total. The smallest absolute Gasteiger partial charge is 0.387 e. The Bertz CT molecular complexity index is 678. The third-order valence-electron chi connectivity index (χ3n) is 4.46. The molecule has 29 heavy (non-hydrogen) atoms. The Kier molecular flexibility index (Phi) is 11.8. The first-order chi connectivity index (χ1) is 13.4. The number of ether oxygens (including phenoxy) is 3. The largest absolute Gasteiger partial charge is 0.433 e. The maximum Gasteiger partial charge on any atom is 0.387 e. The lowest BCUT2D eigenvalue weighted by molar-refractivity contribution is -0.0855. The average molecular weight is 568 g/mol. The molecule has 2 N–H and O–H groups in total. The van der Waals surface area contributed by atoms with Gasteiger partial charge in [0.2, 0.25) is 0 Å². The minimum Gasteiger partial charge on any atom is -0.433 e. The number of halogens is 5. The fourth-order valence-corrected chi connectivity index (χ4v) is 3.48. The molecule has 1 aromatic carbocycles. The highest BCUT2D eigenvalue weighted by Gasteiger charge is 2.32. The number of aliphatic imine (C=N–C) groups is 1. The highest BCUT2D eigenvalue weighted by Crippen LogP contribution is 2.34. The molecule has 0 spiro atoms. The molecular formula is C18H26Cl2F2IN3O3. The maximum absolute atomic E-state index is 12.7. The van der Waals surface area contributed by atoms with Crippen LogP contribution in [0.15, 0.2) is 17.1 Å². The van der Waals surface area contributed by atoms with E-state index in [9.17, 15) is 8.78 Å². The lowest BCUT2D eigenvalue weighted by atomic mass is 9.94. The molecule has 1 aromatic rings. The van der Waals surface area contributed by atoms with Crippen molar-refractivity contribution in [1.29, 1.82) is 0 Å². The summed E-state index contributed by atoms with van der Waals surface area (Å²) in [5, 5.41) is 6.69. The van der Waals surface area contributed by atoms with Crippen LogP contribution in [0.4, 0.5) is 8.78 Å². The van der Waals surface area contributed by atoms with Crippen LogP contribution in [0.5, 0.6) is 5.75 Å². The van der Waals surface area contributed by atoms with Crippen molar-refractivity contribution < 1.29 is 23.0 Å². The lowest BCUT2D eigenvalue weighted by Crippen LogP contribution is -2.50. The van der Waals surface area contributed by atoms with Crippen molar-refractivity contribution in [2.24, 2.45) is 4.99 Å². The van der Waals surface area contributed by atoms with E-state index >= 15 is 0 Å². The zero-order valence-corrected chi connectivity index (χ0v) is 20.1. The summed E-state index contributed by atoms with van der Waals surface area (Å²) in [5.74, 6) is 0.392. The molecule has 1 heterocycles. The van der Waals surface area contributed by atoms with Crippen molar-refractivity contribution in [2.75, 3.05) is 33.4 Å². The predicted molar refractivity (Wildman–Crippen MR) is 121 cm³/mol. The van der Waals surface area contributed by atoms with Gasteiger partial charge in [0.25, 0.3) is 0 Å². The monoisotopic (exact) mass is 567 g/mol. The van der Waals surface area contributed by atoms with Crippen LogP contribution < -0.4 is 15.4 Å². The van der Waals surface area contributed by atoms with Gasteiger partial charge in [-0.1, -0.05) is 23.2 Å². The van der Waals surface area contributed by atoms with E-state index in [4.69, 9.17) is 32.7 Å². The van der Waals surface area contributed by atoms with Crippen molar-refractivity contribution in [3.8, 4) is 5.75 Å². The van der Waals surface area contributed by atoms with Gasteiger partial charge in [-0.3, -0.25) is 0 Å². The summed E-state index contributed by atoms with van der Waals surface area (Å²) in [6.45, 7) is 1.43. The molecule has 0 saturated carbocycles. The molecule has 1 fully saturated rings. The van der Waals surface area contributed by atoms with Crippen molar-refractivity contribution in [3.05, 3.63) is 27.7 Å². The third-order valence-corrected chi connectivity index (χ3v) is 4.96. The van der Waals surface area contributed by atoms with E-state index in [-0.39, 0.29) is 46.9 Å². The van der Waals surface area contributed by atoms with Crippen LogP contribution in [0.1, 0.15) is 25.3 Å². The fraction of sp³-hybridized carbons (Fsp3) is 0.611. The van der Waals surface area contributed by atoms with Gasteiger partial charge in [-0.15, -0.1) is 24.0 Å². The van der Waals surface area contributed by atoms with Crippen LogP contribution in [0, 0.1) is 0 Å². The Morgan fingerprint density at radius 2 is 1.97 bits per heavy atom. The van der Waals surface area contributed by atoms with Crippen LogP contribution in [0.3, 0.4) is 0 Å². The summed E-state index contributed by atoms with van der Waals surface area (Å²) in [5.41, 5.74) is 0.0279. The Morgan fingerprint density at radius 3 is 2.55 bits per heavy atom. The summed E-state index contributed by atoms with van der Waals surface area (Å²) in [4.78, 5) is 4.45. The lowest BCUT2D eigenvalue weighted by Gasteiger charge is -2.36. The van der Waals surface area contributed by atoms with E-state index in [1.165, 1.54) is 12.1 Å². The second-order valence-corrected chi connectivity index (χ2v) is 7.15. The van der Waals surface area contributed by atoms with Crippen molar-refractivity contribution in [1.82, 2.24) is 10.6 Å². The number of hydrogen-bond acceptors (Lipinski definition) is 4. The standard InChI is InChI=1S/C18H25Cl2F2N3O3.HI/c1-3-23-17(25-11-18(26-2)4-6-27-7-5-18)24-10-12-8-13(19)9-14(20)15(12)28-16(21)22;/h8-9,16H,3-7,10-11H2,1-2H3,(H2,23,24,25);1H. The zero-order chi connectivity index (χ0) is 20.6. The molecule has 0 radical (unpaired) electrons. The Hall–Kier alpha value is -0.620. The first-order valence-electron chi connectivity index (χ1n) is 8.97. The van der Waals surface area contributed by atoms with E-state index in [1.807, 2.05) is 6.92 Å². The van der Waals surface area contributed by atoms with Crippen LogP contribution in [-0.2, 0) is 16.0 Å². The summed E-state index contributed by atoms with van der Waals surface area (Å²) >= 11 is 12.0. The normalized spacial score (nSPS) is 16.3. The molecule has 1 aliphatic rings. The van der Waals surface area contributed by atoms with Crippen LogP contribution >= 0.6 is 47.2 Å². The minimum atomic E-state index is -3.00. The third kappa shape index (κ3) is 8.20. The number of nitrogens with zero attached hydrogens (tertiary/aromatic N) is 1. The Balaban J connectivity index is 0.00000420. The highest BCUT2D eigenvalue weighted by atomic mass is 127. The van der Waals surface area contributed by atoms with Gasteiger partial charge < -0.3 is 24.8 Å². The maximum atomic E-state index is 12.7. The van der Waals surface area contributed by atoms with Gasteiger partial charge in [0, 0.05) is 56.8 Å². The molecule has 0 aliphatic carbocycles. The zero-order valence-electron chi connectivity index (χ0n) is 16.3. The van der Waals surface area contributed by atoms with E-state index in [0.717, 1.165) is 12.8 Å². The van der Waals surface area contributed by atoms with E-state index in [2.05, 4.69) is 20.4 Å². The summed E-state index contributed by atoms with van der Waals surface area (Å²) in [6.07, 6.45) is 1.54. The predicted octanol–water partition coefficient (Wildman–Crippen LogP) is 4.46. The van der Waals surface area contributed by atoms with E-state index in [1.54, 1.807) is 7.11 Å². The van der Waals surface area contributed by atoms with Crippen molar-refractivity contribution in [3.63, 3.8) is 0 Å². The number of nitrogens with one attached hydrogen (secondary N) is 2.